The maximum Gasteiger partial charge on any atom is 0.202 e. The van der Waals surface area contributed by atoms with Gasteiger partial charge >= 0.3 is 0 Å². The number of morpholine rings is 1. The zero-order chi connectivity index (χ0) is 13.2. The van der Waals surface area contributed by atoms with Gasteiger partial charge in [-0.15, -0.1) is 0 Å². The van der Waals surface area contributed by atoms with Crippen LogP contribution in [0, 0.1) is 5.92 Å². The van der Waals surface area contributed by atoms with Gasteiger partial charge in [-0.05, 0) is 25.3 Å². The van der Waals surface area contributed by atoms with Crippen LogP contribution in [0.15, 0.2) is 0 Å². The van der Waals surface area contributed by atoms with E-state index in [4.69, 9.17) is 4.74 Å². The SMILES string of the molecule is CC(C)CNc1nc(C2CN3CCCC3CO2)ns1. The lowest BCUT2D eigenvalue weighted by atomic mass is 10.2. The van der Waals surface area contributed by atoms with E-state index in [1.54, 1.807) is 0 Å². The summed E-state index contributed by atoms with van der Waals surface area (Å²) in [5.41, 5.74) is 0. The summed E-state index contributed by atoms with van der Waals surface area (Å²) in [6.45, 7) is 8.30. The third kappa shape index (κ3) is 3.07. The van der Waals surface area contributed by atoms with E-state index >= 15 is 0 Å². The molecule has 0 amide bonds. The second-order valence-electron chi connectivity index (χ2n) is 5.85. The number of nitrogens with one attached hydrogen (secondary N) is 1. The van der Waals surface area contributed by atoms with E-state index in [-0.39, 0.29) is 6.10 Å². The van der Waals surface area contributed by atoms with Crippen molar-refractivity contribution in [1.82, 2.24) is 14.3 Å². The van der Waals surface area contributed by atoms with Gasteiger partial charge < -0.3 is 10.1 Å². The Hall–Kier alpha value is -0.720. The van der Waals surface area contributed by atoms with E-state index in [1.165, 1.54) is 30.9 Å². The van der Waals surface area contributed by atoms with Gasteiger partial charge in [-0.2, -0.15) is 4.37 Å². The molecule has 2 atom stereocenters. The molecule has 0 radical (unpaired) electrons. The molecule has 2 fully saturated rings. The second-order valence-corrected chi connectivity index (χ2v) is 6.60. The summed E-state index contributed by atoms with van der Waals surface area (Å²) in [5.74, 6) is 1.46. The van der Waals surface area contributed by atoms with Crippen LogP contribution in [-0.4, -0.2) is 46.5 Å². The van der Waals surface area contributed by atoms with Crippen molar-refractivity contribution in [2.75, 3.05) is 31.6 Å². The van der Waals surface area contributed by atoms with Crippen LogP contribution in [0.4, 0.5) is 5.13 Å². The third-order valence-electron chi connectivity index (χ3n) is 3.78. The van der Waals surface area contributed by atoms with Gasteiger partial charge in [0.15, 0.2) is 5.82 Å². The smallest absolute Gasteiger partial charge is 0.202 e. The number of anilines is 1. The van der Waals surface area contributed by atoms with E-state index in [2.05, 4.69) is 33.4 Å². The maximum atomic E-state index is 5.93. The van der Waals surface area contributed by atoms with Crippen LogP contribution >= 0.6 is 11.5 Å². The highest BCUT2D eigenvalue weighted by atomic mass is 32.1. The number of nitrogens with zero attached hydrogens (tertiary/aromatic N) is 3. The van der Waals surface area contributed by atoms with Crippen LogP contribution in [0.2, 0.25) is 0 Å². The number of fused-ring (bicyclic) bond motifs is 1. The first kappa shape index (κ1) is 13.3. The summed E-state index contributed by atoms with van der Waals surface area (Å²) in [7, 11) is 0. The number of ether oxygens (including phenoxy) is 1. The predicted molar refractivity (Wildman–Crippen MR) is 76.5 cm³/mol. The highest BCUT2D eigenvalue weighted by molar-refractivity contribution is 7.09. The Bertz CT molecular complexity index is 423. The van der Waals surface area contributed by atoms with Crippen LogP contribution in [-0.2, 0) is 4.74 Å². The molecule has 3 rings (SSSR count). The summed E-state index contributed by atoms with van der Waals surface area (Å²) in [5, 5.41) is 4.24. The Kier molecular flexibility index (Phi) is 4.00. The number of rotatable bonds is 4. The van der Waals surface area contributed by atoms with Crippen LogP contribution in [0.5, 0.6) is 0 Å². The molecule has 2 unspecified atom stereocenters. The molecule has 0 saturated carbocycles. The van der Waals surface area contributed by atoms with Crippen molar-refractivity contribution >= 4 is 16.7 Å². The molecule has 19 heavy (non-hydrogen) atoms. The van der Waals surface area contributed by atoms with Gasteiger partial charge in [-0.3, -0.25) is 4.90 Å². The minimum atomic E-state index is 0.0557. The van der Waals surface area contributed by atoms with Gasteiger partial charge in [-0.25, -0.2) is 4.98 Å². The summed E-state index contributed by atoms with van der Waals surface area (Å²) in [6.07, 6.45) is 2.63. The maximum absolute atomic E-state index is 5.93. The molecule has 1 aromatic rings. The zero-order valence-corrected chi connectivity index (χ0v) is 12.4. The van der Waals surface area contributed by atoms with Crippen molar-refractivity contribution in [3.63, 3.8) is 0 Å². The minimum absolute atomic E-state index is 0.0557. The lowest BCUT2D eigenvalue weighted by Crippen LogP contribution is -2.42. The Morgan fingerprint density at radius 2 is 2.42 bits per heavy atom. The minimum Gasteiger partial charge on any atom is -0.367 e. The van der Waals surface area contributed by atoms with Gasteiger partial charge in [0.2, 0.25) is 5.13 Å². The van der Waals surface area contributed by atoms with Gasteiger partial charge in [0.25, 0.3) is 0 Å². The van der Waals surface area contributed by atoms with E-state index in [0.29, 0.717) is 12.0 Å². The molecule has 1 aromatic heterocycles. The van der Waals surface area contributed by atoms with Gasteiger partial charge in [0, 0.05) is 30.7 Å². The average molecular weight is 282 g/mol. The van der Waals surface area contributed by atoms with Gasteiger partial charge in [-0.1, -0.05) is 13.8 Å². The largest absolute Gasteiger partial charge is 0.367 e. The zero-order valence-electron chi connectivity index (χ0n) is 11.6. The summed E-state index contributed by atoms with van der Waals surface area (Å²) in [6, 6.07) is 0.633. The molecule has 2 aliphatic heterocycles. The number of aromatic nitrogens is 2. The fourth-order valence-corrected chi connectivity index (χ4v) is 3.32. The standard InChI is InChI=1S/C13H22N4OS/c1-9(2)6-14-13-15-12(16-19-13)11-7-17-5-3-4-10(17)8-18-11/h9-11H,3-8H2,1-2H3,(H,14,15,16). The summed E-state index contributed by atoms with van der Waals surface area (Å²) >= 11 is 1.44. The van der Waals surface area contributed by atoms with Crippen LogP contribution in [0.1, 0.15) is 38.6 Å². The molecular formula is C13H22N4OS. The predicted octanol–water partition coefficient (Wildman–Crippen LogP) is 2.14. The molecule has 2 aliphatic rings. The first-order valence-electron chi connectivity index (χ1n) is 7.15. The van der Waals surface area contributed by atoms with Crippen molar-refractivity contribution in [1.29, 1.82) is 0 Å². The lowest BCUT2D eigenvalue weighted by Gasteiger charge is -2.33. The van der Waals surface area contributed by atoms with Crippen LogP contribution in [0.25, 0.3) is 0 Å². The van der Waals surface area contributed by atoms with E-state index in [1.807, 2.05) is 0 Å². The summed E-state index contributed by atoms with van der Waals surface area (Å²) in [4.78, 5) is 7.09. The molecular weight excluding hydrogens is 260 g/mol. The molecule has 0 aromatic carbocycles. The Morgan fingerprint density at radius 3 is 3.26 bits per heavy atom. The van der Waals surface area contributed by atoms with Crippen molar-refractivity contribution in [2.45, 2.75) is 38.8 Å². The second kappa shape index (κ2) is 5.73. The highest BCUT2D eigenvalue weighted by Crippen LogP contribution is 2.29. The molecule has 0 bridgehead atoms. The van der Waals surface area contributed by atoms with Gasteiger partial charge in [0.1, 0.15) is 6.10 Å². The Labute approximate surface area is 118 Å². The van der Waals surface area contributed by atoms with E-state index in [0.717, 1.165) is 30.7 Å². The molecule has 5 nitrogen and oxygen atoms in total. The number of hydrogen-bond donors (Lipinski definition) is 1. The van der Waals surface area contributed by atoms with Crippen LogP contribution in [0.3, 0.4) is 0 Å². The van der Waals surface area contributed by atoms with Gasteiger partial charge in [0.05, 0.1) is 6.61 Å². The van der Waals surface area contributed by atoms with Crippen molar-refractivity contribution in [3.05, 3.63) is 5.82 Å². The first-order chi connectivity index (χ1) is 9.22. The fraction of sp³-hybridized carbons (Fsp3) is 0.846. The molecule has 3 heterocycles. The fourth-order valence-electron chi connectivity index (χ4n) is 2.70. The van der Waals surface area contributed by atoms with Crippen molar-refractivity contribution in [3.8, 4) is 0 Å². The highest BCUT2D eigenvalue weighted by Gasteiger charge is 2.34. The Balaban J connectivity index is 1.59. The first-order valence-corrected chi connectivity index (χ1v) is 7.93. The molecule has 2 saturated heterocycles. The molecule has 6 heteroatoms. The topological polar surface area (TPSA) is 50.3 Å². The average Bonchev–Trinajstić information content (AvgIpc) is 3.04. The van der Waals surface area contributed by atoms with Crippen molar-refractivity contribution < 1.29 is 4.74 Å². The molecule has 106 valence electrons. The van der Waals surface area contributed by atoms with Crippen LogP contribution < -0.4 is 5.32 Å². The molecule has 0 aliphatic carbocycles. The lowest BCUT2D eigenvalue weighted by molar-refractivity contribution is -0.0535. The quantitative estimate of drug-likeness (QED) is 0.917. The Morgan fingerprint density at radius 1 is 1.53 bits per heavy atom. The third-order valence-corrected chi connectivity index (χ3v) is 4.47. The number of hydrogen-bond acceptors (Lipinski definition) is 6. The molecule has 0 spiro atoms. The summed E-state index contributed by atoms with van der Waals surface area (Å²) < 4.78 is 10.4. The van der Waals surface area contributed by atoms with E-state index in [9.17, 15) is 0 Å². The molecule has 1 N–H and O–H groups in total. The normalized spacial score (nSPS) is 27.7. The van der Waals surface area contributed by atoms with Crippen molar-refractivity contribution in [2.24, 2.45) is 5.92 Å². The van der Waals surface area contributed by atoms with E-state index < -0.39 is 0 Å². The monoisotopic (exact) mass is 282 g/mol.